The maximum Gasteiger partial charge on any atom is 0.417 e. The van der Waals surface area contributed by atoms with Gasteiger partial charge < -0.3 is 29.6 Å². The summed E-state index contributed by atoms with van der Waals surface area (Å²) >= 11 is 0. The monoisotopic (exact) mass is 739 g/mol. The number of anilines is 2. The molecule has 0 spiro atoms. The number of benzene rings is 3. The van der Waals surface area contributed by atoms with E-state index in [4.69, 9.17) is 24.7 Å². The van der Waals surface area contributed by atoms with Gasteiger partial charge in [0.1, 0.15) is 30.1 Å². The molecule has 53 heavy (non-hydrogen) atoms. The minimum Gasteiger partial charge on any atom is -0.497 e. The van der Waals surface area contributed by atoms with Crippen LogP contribution < -0.4 is 24.8 Å². The Kier molecular flexibility index (Phi) is 10.1. The normalized spacial score (nSPS) is 21.3. The lowest BCUT2D eigenvalue weighted by Gasteiger charge is -2.33. The van der Waals surface area contributed by atoms with Crippen molar-refractivity contribution >= 4 is 11.5 Å². The van der Waals surface area contributed by atoms with E-state index in [2.05, 4.69) is 14.9 Å². The van der Waals surface area contributed by atoms with Crippen molar-refractivity contribution in [3.63, 3.8) is 0 Å². The summed E-state index contributed by atoms with van der Waals surface area (Å²) in [7, 11) is 3.10. The van der Waals surface area contributed by atoms with Gasteiger partial charge in [0.15, 0.2) is 5.82 Å². The maximum absolute atomic E-state index is 17.1. The Bertz CT molecular complexity index is 1900. The Morgan fingerprint density at radius 2 is 1.64 bits per heavy atom. The van der Waals surface area contributed by atoms with Gasteiger partial charge in [0.2, 0.25) is 0 Å². The zero-order valence-electron chi connectivity index (χ0n) is 29.8. The van der Waals surface area contributed by atoms with E-state index < -0.39 is 40.9 Å². The van der Waals surface area contributed by atoms with Crippen LogP contribution >= 0.6 is 0 Å². The number of methoxy groups -OCH3 is 2. The molecule has 0 saturated carbocycles. The van der Waals surface area contributed by atoms with Crippen LogP contribution in [0.4, 0.5) is 33.5 Å². The van der Waals surface area contributed by atoms with E-state index in [0.29, 0.717) is 35.7 Å². The topological polar surface area (TPSA) is 95.2 Å². The van der Waals surface area contributed by atoms with Gasteiger partial charge in [0.25, 0.3) is 0 Å². The highest BCUT2D eigenvalue weighted by Crippen LogP contribution is 2.46. The minimum absolute atomic E-state index is 0.0131. The molecule has 9 nitrogen and oxygen atoms in total. The Morgan fingerprint density at radius 3 is 2.25 bits per heavy atom. The molecular weight excluding hydrogens is 697 g/mol. The lowest BCUT2D eigenvalue weighted by Crippen LogP contribution is -2.43. The highest BCUT2D eigenvalue weighted by molar-refractivity contribution is 5.59. The number of hydrogen-bond acceptors (Lipinski definition) is 9. The van der Waals surface area contributed by atoms with Gasteiger partial charge in [-0.3, -0.25) is 4.90 Å². The molecule has 3 aromatic carbocycles. The predicted molar refractivity (Wildman–Crippen MR) is 188 cm³/mol. The van der Waals surface area contributed by atoms with Crippen LogP contribution in [0, 0.1) is 12.7 Å². The Hall–Kier alpha value is -4.69. The quantitative estimate of drug-likeness (QED) is 0.157. The van der Waals surface area contributed by atoms with Crippen LogP contribution in [0.1, 0.15) is 64.4 Å². The van der Waals surface area contributed by atoms with Crippen LogP contribution in [0.15, 0.2) is 54.6 Å². The van der Waals surface area contributed by atoms with Crippen molar-refractivity contribution in [2.45, 2.75) is 76.3 Å². The summed E-state index contributed by atoms with van der Waals surface area (Å²) in [5, 5.41) is 0. The van der Waals surface area contributed by atoms with Gasteiger partial charge >= 0.3 is 12.2 Å². The van der Waals surface area contributed by atoms with Gasteiger partial charge in [0.05, 0.1) is 49.4 Å². The van der Waals surface area contributed by atoms with E-state index in [1.165, 1.54) is 13.0 Å². The highest BCUT2D eigenvalue weighted by Gasteiger charge is 2.49. The smallest absolute Gasteiger partial charge is 0.417 e. The van der Waals surface area contributed by atoms with Gasteiger partial charge in [-0.1, -0.05) is 24.3 Å². The highest BCUT2D eigenvalue weighted by atomic mass is 19.4. The summed E-state index contributed by atoms with van der Waals surface area (Å²) in [6.07, 6.45) is -5.37. The first-order valence-corrected chi connectivity index (χ1v) is 17.6. The molecule has 3 aliphatic rings. The molecule has 7 rings (SSSR count). The van der Waals surface area contributed by atoms with E-state index in [0.717, 1.165) is 30.5 Å². The van der Waals surface area contributed by atoms with Crippen molar-refractivity contribution in [1.82, 2.24) is 14.9 Å². The first-order valence-electron chi connectivity index (χ1n) is 17.6. The van der Waals surface area contributed by atoms with Crippen molar-refractivity contribution in [3.8, 4) is 17.5 Å². The van der Waals surface area contributed by atoms with Gasteiger partial charge in [-0.2, -0.15) is 23.1 Å². The molecular formula is C39H42F5N5O4. The summed E-state index contributed by atoms with van der Waals surface area (Å²) in [6.45, 7) is 2.73. The molecule has 0 bridgehead atoms. The zero-order valence-corrected chi connectivity index (χ0v) is 29.8. The van der Waals surface area contributed by atoms with Crippen molar-refractivity contribution in [1.29, 1.82) is 0 Å². The number of halogens is 5. The van der Waals surface area contributed by atoms with E-state index in [-0.39, 0.29) is 55.8 Å². The third-order valence-corrected chi connectivity index (χ3v) is 10.6. The molecule has 2 saturated heterocycles. The van der Waals surface area contributed by atoms with Crippen LogP contribution in [-0.2, 0) is 37.0 Å². The number of nitrogens with zero attached hydrogens (tertiary/aromatic N) is 4. The second-order valence-electron chi connectivity index (χ2n) is 14.0. The van der Waals surface area contributed by atoms with E-state index >= 15 is 4.39 Å². The number of aryl methyl sites for hydroxylation is 1. The molecule has 282 valence electrons. The number of alkyl halides is 4. The number of nitrogen functional groups attached to an aromatic ring is 1. The number of hydrogen-bond donors (Lipinski definition) is 1. The average Bonchev–Trinajstić information content (AvgIpc) is 3.66. The van der Waals surface area contributed by atoms with Gasteiger partial charge in [-0.05, 0) is 73.3 Å². The number of aromatic nitrogens is 2. The Morgan fingerprint density at radius 1 is 1.00 bits per heavy atom. The fraction of sp³-hybridized carbons (Fsp3) is 0.436. The molecule has 1 unspecified atom stereocenters. The number of nitrogens with two attached hydrogens (primary N) is 1. The second kappa shape index (κ2) is 14.6. The molecule has 2 fully saturated rings. The number of rotatable bonds is 11. The molecule has 3 atom stereocenters. The summed E-state index contributed by atoms with van der Waals surface area (Å²) in [5.41, 5.74) is 6.25. The van der Waals surface area contributed by atoms with E-state index in [1.807, 2.05) is 24.3 Å². The molecule has 0 radical (unpaired) electrons. The molecule has 4 aromatic rings. The first kappa shape index (κ1) is 36.7. The third-order valence-electron chi connectivity index (χ3n) is 10.6. The lowest BCUT2D eigenvalue weighted by atomic mass is 9.90. The Balaban J connectivity index is 1.24. The van der Waals surface area contributed by atoms with E-state index in [1.54, 1.807) is 43.4 Å². The van der Waals surface area contributed by atoms with Crippen LogP contribution in [0.2, 0.25) is 0 Å². The molecule has 0 amide bonds. The largest absolute Gasteiger partial charge is 0.497 e. The van der Waals surface area contributed by atoms with Crippen LogP contribution in [-0.4, -0.2) is 60.5 Å². The molecule has 3 aliphatic heterocycles. The third kappa shape index (κ3) is 7.43. The van der Waals surface area contributed by atoms with Gasteiger partial charge in [-0.15, -0.1) is 0 Å². The molecule has 4 heterocycles. The average molecular weight is 740 g/mol. The van der Waals surface area contributed by atoms with Crippen LogP contribution in [0.3, 0.4) is 0 Å². The SMILES string of the molecule is COc1ccc(CN(Cc2ccc(OC)cc2)c2cc(C)c(C(F)(F)F)c(C3Cc4nc(OC[C@@]56CCCN5C[C@H](F)C6)nc(N)c4CO3)c2F)cc1. The maximum atomic E-state index is 17.1. The zero-order chi connectivity index (χ0) is 37.5. The van der Waals surface area contributed by atoms with Crippen LogP contribution in [0.25, 0.3) is 0 Å². The number of ether oxygens (including phenoxy) is 4. The Labute approximate surface area is 304 Å². The van der Waals surface area contributed by atoms with Gasteiger partial charge in [-0.25, -0.2) is 8.78 Å². The van der Waals surface area contributed by atoms with Crippen LogP contribution in [0.5, 0.6) is 17.5 Å². The summed E-state index contributed by atoms with van der Waals surface area (Å²) in [5.74, 6) is 0.285. The molecule has 14 heteroatoms. The minimum atomic E-state index is -4.89. The predicted octanol–water partition coefficient (Wildman–Crippen LogP) is 7.52. The molecule has 0 aliphatic carbocycles. The fourth-order valence-electron chi connectivity index (χ4n) is 8.01. The van der Waals surface area contributed by atoms with E-state index in [9.17, 15) is 17.6 Å². The van der Waals surface area contributed by atoms with Crippen molar-refractivity contribution in [2.24, 2.45) is 0 Å². The summed E-state index contributed by atoms with van der Waals surface area (Å²) < 4.78 is 98.6. The summed E-state index contributed by atoms with van der Waals surface area (Å²) in [6, 6.07) is 15.6. The fourth-order valence-corrected chi connectivity index (χ4v) is 8.01. The standard InChI is InChI=1S/C39H42F5N5O4/c1-23-15-31(48(18-24-5-9-27(50-2)10-6-24)19-25-7-11-28(51-3)12-8-25)35(41)33(34(23)39(42,43)44)32-16-30-29(21-52-32)36(45)47-37(46-30)53-22-38-13-4-14-49(38)20-26(40)17-38/h5-12,15,26,32H,4,13-14,16-22H2,1-3H3,(H2,45,46,47)/t26-,32?,38+/m1/s1. The summed E-state index contributed by atoms with van der Waals surface area (Å²) in [4.78, 5) is 12.6. The molecule has 1 aromatic heterocycles. The van der Waals surface area contributed by atoms with Crippen molar-refractivity contribution in [2.75, 3.05) is 44.5 Å². The number of fused-ring (bicyclic) bond motifs is 2. The first-order chi connectivity index (χ1) is 25.4. The van der Waals surface area contributed by atoms with Crippen molar-refractivity contribution in [3.05, 3.63) is 99.5 Å². The van der Waals surface area contributed by atoms with Gasteiger partial charge in [0, 0.05) is 43.6 Å². The lowest BCUT2D eigenvalue weighted by molar-refractivity contribution is -0.140. The second-order valence-corrected chi connectivity index (χ2v) is 14.0. The van der Waals surface area contributed by atoms with Crippen molar-refractivity contribution < 1.29 is 40.9 Å². The molecule has 2 N–H and O–H groups in total.